The van der Waals surface area contributed by atoms with E-state index in [-0.39, 0.29) is 5.56 Å². The van der Waals surface area contributed by atoms with Gasteiger partial charge in [-0.05, 0) is 37.4 Å². The number of anilines is 1. The summed E-state index contributed by atoms with van der Waals surface area (Å²) in [6, 6.07) is 2.44. The second-order valence-electron chi connectivity index (χ2n) is 6.01. The monoisotopic (exact) mass is 437 g/mol. The number of nitrogens with one attached hydrogen (secondary N) is 2. The van der Waals surface area contributed by atoms with Gasteiger partial charge in [-0.25, -0.2) is 9.71 Å². The molecule has 0 saturated heterocycles. The van der Waals surface area contributed by atoms with E-state index in [2.05, 4.69) is 4.98 Å². The number of aromatic nitrogens is 1. The van der Waals surface area contributed by atoms with Crippen molar-refractivity contribution < 1.29 is 36.3 Å². The predicted octanol–water partition coefficient (Wildman–Crippen LogP) is 1.99. The highest BCUT2D eigenvalue weighted by Gasteiger charge is 2.36. The van der Waals surface area contributed by atoms with E-state index in [1.54, 1.807) is 4.72 Å². The Morgan fingerprint density at radius 2 is 1.82 bits per heavy atom. The number of nitrogens with zero attached hydrogens (tertiary/aromatic N) is 1. The third-order valence-corrected chi connectivity index (χ3v) is 5.18. The van der Waals surface area contributed by atoms with Gasteiger partial charge in [-0.3, -0.25) is 9.59 Å². The largest absolute Gasteiger partial charge is 0.433 e. The molecule has 8 nitrogen and oxygen atoms in total. The quantitative estimate of drug-likeness (QED) is 0.657. The van der Waals surface area contributed by atoms with Gasteiger partial charge in [0.25, 0.3) is 21.8 Å². The first-order valence-electron chi connectivity index (χ1n) is 7.43. The van der Waals surface area contributed by atoms with Crippen LogP contribution in [0.5, 0.6) is 0 Å². The lowest BCUT2D eigenvalue weighted by Crippen LogP contribution is -2.38. The Hall–Kier alpha value is -2.51. The Bertz CT molecular complexity index is 997. The van der Waals surface area contributed by atoms with Gasteiger partial charge in [0.05, 0.1) is 11.3 Å². The number of aliphatic hydroxyl groups is 1. The van der Waals surface area contributed by atoms with Crippen LogP contribution in [-0.4, -0.2) is 35.9 Å². The summed E-state index contributed by atoms with van der Waals surface area (Å²) >= 11 is 1.11. The minimum Gasteiger partial charge on any atom is -0.381 e. The molecule has 2 amide bonds. The number of sulfonamides is 1. The first kappa shape index (κ1) is 21.8. The van der Waals surface area contributed by atoms with Crippen LogP contribution in [0.3, 0.4) is 0 Å². The zero-order valence-corrected chi connectivity index (χ0v) is 16.0. The second-order valence-corrected chi connectivity index (χ2v) is 8.38. The molecule has 0 spiro atoms. The molecule has 0 fully saturated rings. The van der Waals surface area contributed by atoms with Gasteiger partial charge in [-0.2, -0.15) is 32.9 Å². The molecule has 0 unspecified atom stereocenters. The van der Waals surface area contributed by atoms with E-state index in [1.807, 2.05) is 5.32 Å². The Labute approximate surface area is 161 Å². The van der Waals surface area contributed by atoms with E-state index < -0.39 is 50.0 Å². The summed E-state index contributed by atoms with van der Waals surface area (Å²) in [4.78, 5) is 27.0. The number of amides is 2. The van der Waals surface area contributed by atoms with E-state index in [1.165, 1.54) is 16.8 Å². The van der Waals surface area contributed by atoms with Gasteiger partial charge in [0.1, 0.15) is 11.3 Å². The minimum atomic E-state index is -4.97. The predicted molar refractivity (Wildman–Crippen MR) is 93.1 cm³/mol. The molecule has 0 aliphatic heterocycles. The number of hydrogen-bond acceptors (Lipinski definition) is 7. The van der Waals surface area contributed by atoms with Crippen LogP contribution in [0.4, 0.5) is 18.9 Å². The number of rotatable bonds is 5. The van der Waals surface area contributed by atoms with Crippen LogP contribution in [0.1, 0.15) is 29.9 Å². The van der Waals surface area contributed by atoms with Crippen LogP contribution in [0.25, 0.3) is 0 Å². The highest BCUT2D eigenvalue weighted by atomic mass is 32.2. The molecule has 2 aromatic rings. The molecule has 152 valence electrons. The van der Waals surface area contributed by atoms with Crippen molar-refractivity contribution in [2.24, 2.45) is 0 Å². The maximum Gasteiger partial charge on any atom is 0.433 e. The summed E-state index contributed by atoms with van der Waals surface area (Å²) in [5, 5.41) is 13.3. The molecule has 2 aromatic heterocycles. The topological polar surface area (TPSA) is 125 Å². The van der Waals surface area contributed by atoms with Crippen molar-refractivity contribution >= 4 is 38.9 Å². The van der Waals surface area contributed by atoms with Crippen LogP contribution in [-0.2, 0) is 21.0 Å². The molecule has 13 heteroatoms. The van der Waals surface area contributed by atoms with Gasteiger partial charge in [0, 0.05) is 5.38 Å². The van der Waals surface area contributed by atoms with Crippen molar-refractivity contribution in [3.8, 4) is 0 Å². The van der Waals surface area contributed by atoms with Gasteiger partial charge in [-0.1, -0.05) is 0 Å². The average molecular weight is 437 g/mol. The third kappa shape index (κ3) is 5.05. The Morgan fingerprint density at radius 1 is 1.18 bits per heavy atom. The minimum absolute atomic E-state index is 0.0253. The summed E-state index contributed by atoms with van der Waals surface area (Å²) in [5.41, 5.74) is -4.16. The normalized spacial score (nSPS) is 12.5. The molecule has 0 atom stereocenters. The zero-order chi connectivity index (χ0) is 21.3. The molecule has 0 aliphatic carbocycles. The standard InChI is InChI=1S/C15H14F3N3O5S2/c1-14(2,24)13(23)19-9-3-4-10(15(16,17)18)20-12(9)28(25,26)21-11(22)8-5-6-27-7-8/h3-7,24H,1-2H3,(H,19,23)(H,21,22). The van der Waals surface area contributed by atoms with E-state index >= 15 is 0 Å². The molecule has 2 rings (SSSR count). The SMILES string of the molecule is CC(C)(O)C(=O)Nc1ccc(C(F)(F)F)nc1S(=O)(=O)NC(=O)c1ccsc1. The molecular formula is C15H14F3N3O5S2. The van der Waals surface area contributed by atoms with Gasteiger partial charge in [0.15, 0.2) is 5.03 Å². The maximum atomic E-state index is 13.0. The van der Waals surface area contributed by atoms with Crippen LogP contribution in [0.2, 0.25) is 0 Å². The van der Waals surface area contributed by atoms with Crippen molar-refractivity contribution in [1.29, 1.82) is 0 Å². The van der Waals surface area contributed by atoms with Crippen molar-refractivity contribution in [2.75, 3.05) is 5.32 Å². The molecule has 0 saturated carbocycles. The van der Waals surface area contributed by atoms with Gasteiger partial charge < -0.3 is 10.4 Å². The highest BCUT2D eigenvalue weighted by molar-refractivity contribution is 7.90. The van der Waals surface area contributed by atoms with E-state index in [0.29, 0.717) is 12.1 Å². The van der Waals surface area contributed by atoms with Gasteiger partial charge in [0.2, 0.25) is 0 Å². The van der Waals surface area contributed by atoms with Crippen molar-refractivity contribution in [3.63, 3.8) is 0 Å². The molecule has 0 radical (unpaired) electrons. The number of alkyl halides is 3. The summed E-state index contributed by atoms with van der Waals surface area (Å²) in [7, 11) is -4.89. The first-order valence-corrected chi connectivity index (χ1v) is 9.86. The third-order valence-electron chi connectivity index (χ3n) is 3.22. The fourth-order valence-electron chi connectivity index (χ4n) is 1.80. The Balaban J connectivity index is 2.51. The Kier molecular flexibility index (Phi) is 5.82. The lowest BCUT2D eigenvalue weighted by molar-refractivity contribution is -0.141. The molecule has 0 bridgehead atoms. The first-order chi connectivity index (χ1) is 12.7. The number of thiophene rings is 1. The molecular weight excluding hydrogens is 423 g/mol. The zero-order valence-electron chi connectivity index (χ0n) is 14.4. The van der Waals surface area contributed by atoms with Crippen LogP contribution in [0.15, 0.2) is 34.0 Å². The summed E-state index contributed by atoms with van der Waals surface area (Å²) in [5.74, 6) is -2.17. The molecule has 0 aliphatic rings. The molecule has 2 heterocycles. The smallest absolute Gasteiger partial charge is 0.381 e. The van der Waals surface area contributed by atoms with Gasteiger partial charge >= 0.3 is 6.18 Å². The van der Waals surface area contributed by atoms with Crippen LogP contribution in [0, 0.1) is 0 Å². The summed E-state index contributed by atoms with van der Waals surface area (Å²) < 4.78 is 65.5. The number of carbonyl (C=O) groups is 2. The van der Waals surface area contributed by atoms with Crippen molar-refractivity contribution in [2.45, 2.75) is 30.7 Å². The lowest BCUT2D eigenvalue weighted by Gasteiger charge is -2.19. The van der Waals surface area contributed by atoms with E-state index in [4.69, 9.17) is 0 Å². The summed E-state index contributed by atoms with van der Waals surface area (Å²) in [6.07, 6.45) is -4.97. The molecule has 28 heavy (non-hydrogen) atoms. The lowest BCUT2D eigenvalue weighted by atomic mass is 10.1. The van der Waals surface area contributed by atoms with Gasteiger partial charge in [-0.15, -0.1) is 0 Å². The maximum absolute atomic E-state index is 13.0. The Morgan fingerprint density at radius 3 is 2.32 bits per heavy atom. The van der Waals surface area contributed by atoms with E-state index in [9.17, 15) is 36.3 Å². The second kappa shape index (κ2) is 7.48. The number of carbonyl (C=O) groups excluding carboxylic acids is 2. The van der Waals surface area contributed by atoms with E-state index in [0.717, 1.165) is 25.2 Å². The highest BCUT2D eigenvalue weighted by Crippen LogP contribution is 2.31. The van der Waals surface area contributed by atoms with Crippen LogP contribution >= 0.6 is 11.3 Å². The summed E-state index contributed by atoms with van der Waals surface area (Å²) in [6.45, 7) is 2.18. The number of halogens is 3. The van der Waals surface area contributed by atoms with Crippen molar-refractivity contribution in [1.82, 2.24) is 9.71 Å². The van der Waals surface area contributed by atoms with Crippen molar-refractivity contribution in [3.05, 3.63) is 40.2 Å². The molecule has 0 aromatic carbocycles. The molecule has 3 N–H and O–H groups in total. The fourth-order valence-corrected chi connectivity index (χ4v) is 3.52. The average Bonchev–Trinajstić information content (AvgIpc) is 3.07. The van der Waals surface area contributed by atoms with Crippen LogP contribution < -0.4 is 10.0 Å². The number of pyridine rings is 1. The fraction of sp³-hybridized carbons (Fsp3) is 0.267. The number of hydrogen-bond donors (Lipinski definition) is 3.